The van der Waals surface area contributed by atoms with Crippen LogP contribution < -0.4 is 0 Å². The Kier molecular flexibility index (Phi) is 1.28. The SMILES string of the molecule is [2H]c1cn(-c2ccc(O)cc2)nn1. The molecule has 0 aliphatic heterocycles. The van der Waals surface area contributed by atoms with E-state index < -0.39 is 0 Å². The van der Waals surface area contributed by atoms with Gasteiger partial charge in [0.25, 0.3) is 0 Å². The molecule has 0 spiro atoms. The van der Waals surface area contributed by atoms with Crippen molar-refractivity contribution >= 4 is 0 Å². The summed E-state index contributed by atoms with van der Waals surface area (Å²) < 4.78 is 8.64. The van der Waals surface area contributed by atoms with Crippen molar-refractivity contribution in [3.05, 3.63) is 36.6 Å². The summed E-state index contributed by atoms with van der Waals surface area (Å²) in [5.74, 6) is 0.204. The predicted octanol–water partition coefficient (Wildman–Crippen LogP) is 0.973. The van der Waals surface area contributed by atoms with E-state index in [4.69, 9.17) is 6.48 Å². The summed E-state index contributed by atoms with van der Waals surface area (Å²) in [5.41, 5.74) is 0.767. The first kappa shape index (κ1) is 5.77. The van der Waals surface area contributed by atoms with Gasteiger partial charge in [0, 0.05) is 0 Å². The Labute approximate surface area is 70.5 Å². The van der Waals surface area contributed by atoms with Gasteiger partial charge in [-0.25, -0.2) is 4.68 Å². The molecule has 0 bridgehead atoms. The van der Waals surface area contributed by atoms with E-state index in [0.717, 1.165) is 5.69 Å². The molecule has 0 aliphatic rings. The van der Waals surface area contributed by atoms with Crippen LogP contribution in [0.4, 0.5) is 0 Å². The number of phenolic OH excluding ortho intramolecular Hbond substituents is 1. The second kappa shape index (κ2) is 2.65. The average molecular weight is 162 g/mol. The molecular formula is C8H7N3O. The Hall–Kier alpha value is -1.84. The fraction of sp³-hybridized carbons (Fsp3) is 0. The van der Waals surface area contributed by atoms with Gasteiger partial charge in [-0.05, 0) is 24.3 Å². The topological polar surface area (TPSA) is 50.9 Å². The predicted molar refractivity (Wildman–Crippen MR) is 43.0 cm³/mol. The summed E-state index contributed by atoms with van der Waals surface area (Å²) in [6.45, 7) is 0. The number of aromatic hydroxyl groups is 1. The third-order valence-electron chi connectivity index (χ3n) is 1.49. The number of benzene rings is 1. The van der Waals surface area contributed by atoms with Crippen molar-refractivity contribution in [3.8, 4) is 11.4 Å². The van der Waals surface area contributed by atoms with Crippen molar-refractivity contribution in [3.63, 3.8) is 0 Å². The molecule has 0 aliphatic carbocycles. The molecule has 0 saturated carbocycles. The summed E-state index contributed by atoms with van der Waals surface area (Å²) in [6, 6.07) is 6.51. The zero-order valence-electron chi connectivity index (χ0n) is 7.18. The van der Waals surface area contributed by atoms with Gasteiger partial charge in [0.1, 0.15) is 5.75 Å². The fourth-order valence-electron chi connectivity index (χ4n) is 0.912. The summed E-state index contributed by atoms with van der Waals surface area (Å²) in [5, 5.41) is 16.3. The highest BCUT2D eigenvalue weighted by Crippen LogP contribution is 2.11. The molecule has 4 nitrogen and oxygen atoms in total. The lowest BCUT2D eigenvalue weighted by atomic mass is 10.3. The molecule has 0 unspecified atom stereocenters. The molecule has 2 aromatic rings. The first-order valence-corrected chi connectivity index (χ1v) is 3.44. The minimum Gasteiger partial charge on any atom is -0.508 e. The van der Waals surface area contributed by atoms with Crippen LogP contribution in [0, 0.1) is 0 Å². The third-order valence-corrected chi connectivity index (χ3v) is 1.49. The van der Waals surface area contributed by atoms with Gasteiger partial charge in [0.2, 0.25) is 0 Å². The molecule has 0 fully saturated rings. The Balaban J connectivity index is 2.41. The van der Waals surface area contributed by atoms with Crippen molar-refractivity contribution < 1.29 is 6.48 Å². The van der Waals surface area contributed by atoms with Gasteiger partial charge in [-0.3, -0.25) is 0 Å². The number of hydrogen-bond acceptors (Lipinski definition) is 3. The van der Waals surface area contributed by atoms with E-state index in [2.05, 4.69) is 10.3 Å². The number of rotatable bonds is 1. The number of nitrogens with zero attached hydrogens (tertiary/aromatic N) is 3. The van der Waals surface area contributed by atoms with E-state index in [9.17, 15) is 0 Å². The standard InChI is InChI=1S/C8H7N3O/c12-8-3-1-7(2-4-8)11-6-5-9-10-11/h1-6,12H/i5D. The normalized spacial score (nSPS) is 11.2. The van der Waals surface area contributed by atoms with Crippen LogP contribution in [0.15, 0.2) is 36.6 Å². The van der Waals surface area contributed by atoms with Gasteiger partial charge in [-0.15, -0.1) is 5.10 Å². The van der Waals surface area contributed by atoms with Crippen LogP contribution in [0.1, 0.15) is 1.37 Å². The van der Waals surface area contributed by atoms with E-state index in [1.807, 2.05) is 0 Å². The second-order valence-electron chi connectivity index (χ2n) is 2.31. The number of aromatic nitrogens is 3. The Morgan fingerprint density at radius 3 is 2.67 bits per heavy atom. The maximum atomic E-state index is 9.03. The average Bonchev–Trinajstić information content (AvgIpc) is 2.53. The highest BCUT2D eigenvalue weighted by atomic mass is 16.3. The minimum atomic E-state index is 0.119. The van der Waals surface area contributed by atoms with Gasteiger partial charge in [-0.1, -0.05) is 5.21 Å². The van der Waals surface area contributed by atoms with Gasteiger partial charge in [0.15, 0.2) is 0 Å². The zero-order valence-corrected chi connectivity index (χ0v) is 6.18. The van der Waals surface area contributed by atoms with E-state index in [-0.39, 0.29) is 11.9 Å². The Morgan fingerprint density at radius 1 is 1.33 bits per heavy atom. The molecule has 0 radical (unpaired) electrons. The summed E-state index contributed by atoms with van der Waals surface area (Å²) in [4.78, 5) is 0. The first-order chi connectivity index (χ1) is 6.25. The van der Waals surface area contributed by atoms with Crippen LogP contribution in [0.5, 0.6) is 5.75 Å². The number of phenols is 1. The van der Waals surface area contributed by atoms with E-state index >= 15 is 0 Å². The van der Waals surface area contributed by atoms with Gasteiger partial charge < -0.3 is 5.11 Å². The molecule has 0 amide bonds. The molecule has 4 heteroatoms. The zero-order chi connectivity index (χ0) is 9.26. The summed E-state index contributed by atoms with van der Waals surface area (Å²) in [7, 11) is 0. The number of hydrogen-bond donors (Lipinski definition) is 1. The quantitative estimate of drug-likeness (QED) is 0.679. The van der Waals surface area contributed by atoms with Crippen molar-refractivity contribution in [1.82, 2.24) is 15.0 Å². The molecular weight excluding hydrogens is 154 g/mol. The van der Waals surface area contributed by atoms with Crippen LogP contribution in [0.25, 0.3) is 5.69 Å². The molecule has 1 aromatic carbocycles. The summed E-state index contributed by atoms with van der Waals surface area (Å²) in [6.07, 6.45) is 1.61. The lowest BCUT2D eigenvalue weighted by molar-refractivity contribution is 0.475. The second-order valence-corrected chi connectivity index (χ2v) is 2.31. The molecule has 0 atom stereocenters. The van der Waals surface area contributed by atoms with Crippen LogP contribution in [0.2, 0.25) is 0 Å². The molecule has 1 N–H and O–H groups in total. The first-order valence-electron chi connectivity index (χ1n) is 3.94. The maximum absolute atomic E-state index is 9.03. The minimum absolute atomic E-state index is 0.119. The highest BCUT2D eigenvalue weighted by molar-refractivity contribution is 5.35. The van der Waals surface area contributed by atoms with E-state index in [1.54, 1.807) is 24.3 Å². The lowest BCUT2D eigenvalue weighted by Crippen LogP contribution is -1.93. The maximum Gasteiger partial charge on any atom is 0.115 e. The van der Waals surface area contributed by atoms with Crippen LogP contribution in [-0.4, -0.2) is 20.1 Å². The third kappa shape index (κ3) is 1.14. The molecule has 60 valence electrons. The molecule has 2 rings (SSSR count). The van der Waals surface area contributed by atoms with Crippen molar-refractivity contribution in [2.24, 2.45) is 0 Å². The fourth-order valence-corrected chi connectivity index (χ4v) is 0.912. The van der Waals surface area contributed by atoms with Gasteiger partial charge in [-0.2, -0.15) is 0 Å². The largest absolute Gasteiger partial charge is 0.508 e. The molecule has 12 heavy (non-hydrogen) atoms. The van der Waals surface area contributed by atoms with Crippen molar-refractivity contribution in [1.29, 1.82) is 0 Å². The van der Waals surface area contributed by atoms with Crippen molar-refractivity contribution in [2.75, 3.05) is 0 Å². The van der Waals surface area contributed by atoms with Gasteiger partial charge >= 0.3 is 0 Å². The van der Waals surface area contributed by atoms with E-state index in [1.165, 1.54) is 10.9 Å². The van der Waals surface area contributed by atoms with E-state index in [0.29, 0.717) is 0 Å². The molecule has 1 heterocycles. The lowest BCUT2D eigenvalue weighted by Gasteiger charge is -1.98. The smallest absolute Gasteiger partial charge is 0.115 e. The highest BCUT2D eigenvalue weighted by Gasteiger charge is 1.94. The van der Waals surface area contributed by atoms with Crippen LogP contribution in [-0.2, 0) is 0 Å². The van der Waals surface area contributed by atoms with Crippen LogP contribution in [0.3, 0.4) is 0 Å². The monoisotopic (exact) mass is 162 g/mol. The Morgan fingerprint density at radius 2 is 2.08 bits per heavy atom. The summed E-state index contributed by atoms with van der Waals surface area (Å²) >= 11 is 0. The van der Waals surface area contributed by atoms with Crippen LogP contribution >= 0.6 is 0 Å². The molecule has 0 saturated heterocycles. The van der Waals surface area contributed by atoms with Gasteiger partial charge in [0.05, 0.1) is 19.4 Å². The Bertz CT molecular complexity index is 410. The molecule has 1 aromatic heterocycles. The van der Waals surface area contributed by atoms with Crippen molar-refractivity contribution in [2.45, 2.75) is 0 Å².